The molecule has 174 valence electrons. The molecule has 1 N–H and O–H groups in total. The van der Waals surface area contributed by atoms with E-state index in [9.17, 15) is 9.59 Å². The summed E-state index contributed by atoms with van der Waals surface area (Å²) < 4.78 is 10.9. The zero-order chi connectivity index (χ0) is 23.4. The normalized spacial score (nSPS) is 20.6. The van der Waals surface area contributed by atoms with E-state index in [-0.39, 0.29) is 17.7 Å². The van der Waals surface area contributed by atoms with Crippen molar-refractivity contribution >= 4 is 28.2 Å². The minimum Gasteiger partial charge on any atom is -0.493 e. The summed E-state index contributed by atoms with van der Waals surface area (Å²) in [6.45, 7) is 0. The highest BCUT2D eigenvalue weighted by Gasteiger charge is 2.47. The Labute approximate surface area is 202 Å². The molecule has 1 aliphatic carbocycles. The number of nitrogens with zero attached hydrogens (tertiary/aromatic N) is 1. The lowest BCUT2D eigenvalue weighted by Gasteiger charge is -2.44. The molecule has 2 amide bonds. The number of methoxy groups -OCH3 is 2. The second-order valence-corrected chi connectivity index (χ2v) is 10.2. The first-order valence-corrected chi connectivity index (χ1v) is 12.5. The van der Waals surface area contributed by atoms with Crippen molar-refractivity contribution in [3.8, 4) is 11.5 Å². The topological polar surface area (TPSA) is 67.9 Å². The molecule has 1 aromatic heterocycles. The van der Waals surface area contributed by atoms with E-state index in [4.69, 9.17) is 9.47 Å². The number of fused-ring (bicyclic) bond motifs is 6. The molecule has 2 unspecified atom stereocenters. The largest absolute Gasteiger partial charge is 0.493 e. The molecule has 0 fully saturated rings. The summed E-state index contributed by atoms with van der Waals surface area (Å²) in [6, 6.07) is 13.7. The first-order valence-electron chi connectivity index (χ1n) is 11.7. The van der Waals surface area contributed by atoms with Crippen LogP contribution in [0.5, 0.6) is 11.5 Å². The maximum atomic E-state index is 13.8. The van der Waals surface area contributed by atoms with Crippen molar-refractivity contribution in [3.05, 3.63) is 75.2 Å². The number of hydrogen-bond donors (Lipinski definition) is 1. The van der Waals surface area contributed by atoms with Crippen LogP contribution >= 0.6 is 11.3 Å². The summed E-state index contributed by atoms with van der Waals surface area (Å²) in [5.41, 5.74) is 4.59. The van der Waals surface area contributed by atoms with Gasteiger partial charge in [-0.05, 0) is 67.0 Å². The van der Waals surface area contributed by atoms with Crippen LogP contribution in [0.4, 0.5) is 5.00 Å². The van der Waals surface area contributed by atoms with Crippen LogP contribution in [-0.4, -0.2) is 32.2 Å². The van der Waals surface area contributed by atoms with Crippen molar-refractivity contribution < 1.29 is 19.1 Å². The molecule has 6 nitrogen and oxygen atoms in total. The van der Waals surface area contributed by atoms with E-state index < -0.39 is 6.17 Å². The fraction of sp³-hybridized carbons (Fsp3) is 0.333. The Morgan fingerprint density at radius 1 is 1.03 bits per heavy atom. The van der Waals surface area contributed by atoms with E-state index >= 15 is 0 Å². The average Bonchev–Trinajstić information content (AvgIpc) is 3.26. The highest BCUT2D eigenvalue weighted by Crippen LogP contribution is 2.47. The Kier molecular flexibility index (Phi) is 5.10. The lowest BCUT2D eigenvalue weighted by Crippen LogP contribution is -2.60. The van der Waals surface area contributed by atoms with Gasteiger partial charge in [0.1, 0.15) is 11.2 Å². The van der Waals surface area contributed by atoms with Crippen LogP contribution in [0.25, 0.3) is 0 Å². The molecule has 2 atom stereocenters. The average molecular weight is 475 g/mol. The Hall–Kier alpha value is -3.32. The summed E-state index contributed by atoms with van der Waals surface area (Å²) in [7, 11) is 3.24. The summed E-state index contributed by atoms with van der Waals surface area (Å²) in [6.07, 6.45) is 4.33. The van der Waals surface area contributed by atoms with Gasteiger partial charge in [0.05, 0.1) is 19.8 Å². The number of thiophene rings is 1. The number of amides is 2. The molecule has 0 radical (unpaired) electrons. The fourth-order valence-electron chi connectivity index (χ4n) is 5.65. The lowest BCUT2D eigenvalue weighted by molar-refractivity contribution is 0.0876. The van der Waals surface area contributed by atoms with E-state index in [0.717, 1.165) is 47.4 Å². The maximum Gasteiger partial charge on any atom is 0.260 e. The van der Waals surface area contributed by atoms with Crippen LogP contribution in [0.3, 0.4) is 0 Å². The number of carbonyl (C=O) groups is 2. The zero-order valence-corrected chi connectivity index (χ0v) is 20.0. The van der Waals surface area contributed by atoms with E-state index in [1.807, 2.05) is 47.4 Å². The molecule has 3 heterocycles. The molecular weight excluding hydrogens is 448 g/mol. The molecule has 3 aromatic rings. The number of aryl methyl sites for hydroxylation is 1. The van der Waals surface area contributed by atoms with Crippen molar-refractivity contribution in [1.29, 1.82) is 0 Å². The van der Waals surface area contributed by atoms with Gasteiger partial charge in [-0.3, -0.25) is 14.5 Å². The van der Waals surface area contributed by atoms with Gasteiger partial charge >= 0.3 is 0 Å². The third-order valence-electron chi connectivity index (χ3n) is 7.25. The second-order valence-electron chi connectivity index (χ2n) is 9.07. The van der Waals surface area contributed by atoms with Crippen LogP contribution in [0.15, 0.2) is 42.5 Å². The first kappa shape index (κ1) is 21.2. The Bertz CT molecular complexity index is 1310. The fourth-order valence-corrected chi connectivity index (χ4v) is 7.07. The maximum absolute atomic E-state index is 13.8. The molecule has 34 heavy (non-hydrogen) atoms. The van der Waals surface area contributed by atoms with Crippen molar-refractivity contribution in [2.45, 2.75) is 44.2 Å². The van der Waals surface area contributed by atoms with E-state index in [2.05, 4.69) is 5.32 Å². The van der Waals surface area contributed by atoms with Crippen LogP contribution in [0.2, 0.25) is 0 Å². The monoisotopic (exact) mass is 474 g/mol. The van der Waals surface area contributed by atoms with Crippen LogP contribution in [0.1, 0.15) is 61.0 Å². The molecule has 0 bridgehead atoms. The number of ether oxygens (including phenoxy) is 2. The zero-order valence-electron chi connectivity index (χ0n) is 19.2. The van der Waals surface area contributed by atoms with E-state index in [0.29, 0.717) is 29.0 Å². The summed E-state index contributed by atoms with van der Waals surface area (Å²) in [5.74, 6) is 1.15. The Morgan fingerprint density at radius 3 is 2.65 bits per heavy atom. The minimum atomic E-state index is -0.435. The van der Waals surface area contributed by atoms with Gasteiger partial charge in [-0.2, -0.15) is 0 Å². The standard InChI is InChI=1S/C27H26N2O4S/c1-32-20-12-11-15(14-21(20)33-2)13-19-16-7-3-4-8-17(16)26(31)29-24(19)28-25(30)23-18-9-5-6-10-22(18)34-27(23)29/h3-4,7-8,11-12,14,19,24H,5-6,9-10,13H2,1-2H3,(H,28,30). The highest BCUT2D eigenvalue weighted by molar-refractivity contribution is 7.17. The van der Waals surface area contributed by atoms with Crippen molar-refractivity contribution in [1.82, 2.24) is 5.32 Å². The van der Waals surface area contributed by atoms with Gasteiger partial charge in [0.15, 0.2) is 11.5 Å². The van der Waals surface area contributed by atoms with Gasteiger partial charge in [0.2, 0.25) is 0 Å². The molecule has 0 saturated carbocycles. The van der Waals surface area contributed by atoms with Crippen LogP contribution in [0, 0.1) is 0 Å². The smallest absolute Gasteiger partial charge is 0.260 e. The predicted octanol–water partition coefficient (Wildman–Crippen LogP) is 4.70. The Morgan fingerprint density at radius 2 is 1.82 bits per heavy atom. The Balaban J connectivity index is 1.47. The molecule has 0 saturated heterocycles. The molecule has 2 aromatic carbocycles. The molecule has 2 aliphatic heterocycles. The van der Waals surface area contributed by atoms with Crippen LogP contribution < -0.4 is 19.7 Å². The van der Waals surface area contributed by atoms with E-state index in [1.54, 1.807) is 25.6 Å². The number of rotatable bonds is 4. The molecule has 0 spiro atoms. The van der Waals surface area contributed by atoms with Crippen LogP contribution in [-0.2, 0) is 19.3 Å². The van der Waals surface area contributed by atoms with Gasteiger partial charge in [-0.1, -0.05) is 24.3 Å². The molecule has 6 rings (SSSR count). The SMILES string of the molecule is COc1ccc(CC2c3ccccc3C(=O)N3c4sc5c(c4C(=O)NC23)CCCC5)cc1OC. The summed E-state index contributed by atoms with van der Waals surface area (Å²) in [4.78, 5) is 30.3. The quantitative estimate of drug-likeness (QED) is 0.595. The number of hydrogen-bond acceptors (Lipinski definition) is 5. The number of anilines is 1. The summed E-state index contributed by atoms with van der Waals surface area (Å²) >= 11 is 1.63. The highest BCUT2D eigenvalue weighted by atomic mass is 32.1. The number of nitrogens with one attached hydrogen (secondary N) is 1. The van der Waals surface area contributed by atoms with Crippen molar-refractivity contribution in [2.75, 3.05) is 19.1 Å². The van der Waals surface area contributed by atoms with Gasteiger partial charge in [-0.15, -0.1) is 11.3 Å². The predicted molar refractivity (Wildman–Crippen MR) is 131 cm³/mol. The number of carbonyl (C=O) groups excluding carboxylic acids is 2. The number of benzene rings is 2. The molecule has 7 heteroatoms. The van der Waals surface area contributed by atoms with Gasteiger partial charge in [0, 0.05) is 16.4 Å². The van der Waals surface area contributed by atoms with Crippen molar-refractivity contribution in [3.63, 3.8) is 0 Å². The van der Waals surface area contributed by atoms with Gasteiger partial charge in [0.25, 0.3) is 11.8 Å². The second kappa shape index (κ2) is 8.17. The summed E-state index contributed by atoms with van der Waals surface area (Å²) in [5, 5.41) is 4.04. The van der Waals surface area contributed by atoms with Gasteiger partial charge < -0.3 is 14.8 Å². The third-order valence-corrected chi connectivity index (χ3v) is 8.54. The lowest BCUT2D eigenvalue weighted by atomic mass is 9.81. The molecular formula is C27H26N2O4S. The third kappa shape index (κ3) is 3.14. The van der Waals surface area contributed by atoms with E-state index in [1.165, 1.54) is 4.88 Å². The first-order chi connectivity index (χ1) is 16.6. The molecule has 3 aliphatic rings. The minimum absolute atomic E-state index is 0.0380. The van der Waals surface area contributed by atoms with Crippen molar-refractivity contribution in [2.24, 2.45) is 0 Å². The van der Waals surface area contributed by atoms with Gasteiger partial charge in [-0.25, -0.2) is 0 Å².